The van der Waals surface area contributed by atoms with Crippen LogP contribution in [0.4, 0.5) is 0 Å². The molecule has 19 heavy (non-hydrogen) atoms. The molecule has 2 amide bonds. The standard InChI is InChI=1S/C15H25NO3/c1-9(2)11-12(18)16-10(17)7-15(11)8-13(3,4)19-14(15,5)6/h9,11H,7-8H2,1-6H3,(H,16,17,18). The summed E-state index contributed by atoms with van der Waals surface area (Å²) in [5.41, 5.74) is -1.17. The minimum Gasteiger partial charge on any atom is -0.369 e. The number of imide groups is 1. The van der Waals surface area contributed by atoms with Gasteiger partial charge in [-0.15, -0.1) is 0 Å². The number of rotatable bonds is 1. The molecule has 2 aliphatic rings. The molecule has 108 valence electrons. The molecule has 1 N–H and O–H groups in total. The molecule has 0 aromatic carbocycles. The molecule has 2 unspecified atom stereocenters. The molecule has 0 saturated carbocycles. The maximum atomic E-state index is 12.3. The highest BCUT2D eigenvalue weighted by Crippen LogP contribution is 2.59. The van der Waals surface area contributed by atoms with E-state index in [-0.39, 0.29) is 29.3 Å². The molecule has 2 aliphatic heterocycles. The van der Waals surface area contributed by atoms with Crippen LogP contribution in [0.1, 0.15) is 54.4 Å². The van der Waals surface area contributed by atoms with Gasteiger partial charge in [0.15, 0.2) is 0 Å². The average Bonchev–Trinajstić information content (AvgIpc) is 2.27. The average molecular weight is 267 g/mol. The highest BCUT2D eigenvalue weighted by molar-refractivity contribution is 6.00. The van der Waals surface area contributed by atoms with Gasteiger partial charge >= 0.3 is 0 Å². The number of hydrogen-bond donors (Lipinski definition) is 1. The lowest BCUT2D eigenvalue weighted by Gasteiger charge is -2.48. The van der Waals surface area contributed by atoms with E-state index in [1.807, 2.05) is 41.5 Å². The van der Waals surface area contributed by atoms with Crippen molar-refractivity contribution in [2.24, 2.45) is 17.3 Å². The highest BCUT2D eigenvalue weighted by Gasteiger charge is 2.65. The van der Waals surface area contributed by atoms with Crippen molar-refractivity contribution in [3.8, 4) is 0 Å². The smallest absolute Gasteiger partial charge is 0.230 e. The van der Waals surface area contributed by atoms with E-state index in [0.29, 0.717) is 6.42 Å². The van der Waals surface area contributed by atoms with Crippen molar-refractivity contribution in [1.29, 1.82) is 0 Å². The van der Waals surface area contributed by atoms with Crippen LogP contribution < -0.4 is 5.32 Å². The Labute approximate surface area is 115 Å². The van der Waals surface area contributed by atoms with Gasteiger partial charge in [-0.05, 0) is 40.0 Å². The molecule has 2 heterocycles. The SMILES string of the molecule is CC(C)C1C(=O)NC(=O)CC12CC(C)(C)OC2(C)C. The van der Waals surface area contributed by atoms with E-state index in [0.717, 1.165) is 6.42 Å². The summed E-state index contributed by atoms with van der Waals surface area (Å²) in [7, 11) is 0. The van der Waals surface area contributed by atoms with E-state index in [4.69, 9.17) is 4.74 Å². The van der Waals surface area contributed by atoms with E-state index < -0.39 is 11.0 Å². The molecule has 0 aliphatic carbocycles. The van der Waals surface area contributed by atoms with Gasteiger partial charge in [-0.2, -0.15) is 0 Å². The van der Waals surface area contributed by atoms with Gasteiger partial charge in [0.1, 0.15) is 0 Å². The number of nitrogens with one attached hydrogen (secondary N) is 1. The summed E-state index contributed by atoms with van der Waals surface area (Å²) in [4.78, 5) is 24.2. The van der Waals surface area contributed by atoms with Gasteiger partial charge in [0.05, 0.1) is 11.2 Å². The van der Waals surface area contributed by atoms with Gasteiger partial charge in [0.25, 0.3) is 0 Å². The largest absolute Gasteiger partial charge is 0.369 e. The van der Waals surface area contributed by atoms with Crippen LogP contribution in [-0.4, -0.2) is 23.0 Å². The summed E-state index contributed by atoms with van der Waals surface area (Å²) in [5, 5.41) is 2.49. The Kier molecular flexibility index (Phi) is 3.09. The van der Waals surface area contributed by atoms with Crippen LogP contribution >= 0.6 is 0 Å². The van der Waals surface area contributed by atoms with Gasteiger partial charge in [-0.25, -0.2) is 0 Å². The summed E-state index contributed by atoms with van der Waals surface area (Å²) in [6.45, 7) is 12.2. The quantitative estimate of drug-likeness (QED) is 0.741. The van der Waals surface area contributed by atoms with Crippen LogP contribution in [0, 0.1) is 17.3 Å². The Balaban J connectivity index is 2.53. The molecule has 0 bridgehead atoms. The maximum absolute atomic E-state index is 12.3. The summed E-state index contributed by atoms with van der Waals surface area (Å²) >= 11 is 0. The Bertz CT molecular complexity index is 425. The molecular formula is C15H25NO3. The lowest BCUT2D eigenvalue weighted by atomic mass is 9.56. The molecule has 4 nitrogen and oxygen atoms in total. The molecular weight excluding hydrogens is 242 g/mol. The zero-order valence-corrected chi connectivity index (χ0v) is 12.8. The minimum absolute atomic E-state index is 0.138. The van der Waals surface area contributed by atoms with Crippen LogP contribution in [0.3, 0.4) is 0 Å². The summed E-state index contributed by atoms with van der Waals surface area (Å²) in [5.74, 6) is -0.302. The van der Waals surface area contributed by atoms with Crippen LogP contribution in [0.15, 0.2) is 0 Å². The van der Waals surface area contributed by atoms with E-state index in [1.54, 1.807) is 0 Å². The first-order valence-corrected chi connectivity index (χ1v) is 7.05. The third-order valence-corrected chi connectivity index (χ3v) is 4.75. The summed E-state index contributed by atoms with van der Waals surface area (Å²) in [6, 6.07) is 0. The van der Waals surface area contributed by atoms with Gasteiger partial charge in [-0.1, -0.05) is 13.8 Å². The van der Waals surface area contributed by atoms with Crippen LogP contribution in [-0.2, 0) is 14.3 Å². The second-order valence-electron chi connectivity index (χ2n) is 7.52. The van der Waals surface area contributed by atoms with E-state index >= 15 is 0 Å². The van der Waals surface area contributed by atoms with Gasteiger partial charge in [-0.3, -0.25) is 14.9 Å². The number of carbonyl (C=O) groups is 2. The molecule has 2 saturated heterocycles. The predicted molar refractivity (Wildman–Crippen MR) is 72.4 cm³/mol. The normalized spacial score (nSPS) is 36.9. The number of ether oxygens (including phenoxy) is 1. The molecule has 4 heteroatoms. The minimum atomic E-state index is -0.473. The van der Waals surface area contributed by atoms with Crippen molar-refractivity contribution in [2.75, 3.05) is 0 Å². The lowest BCUT2D eigenvalue weighted by molar-refractivity contribution is -0.159. The lowest BCUT2D eigenvalue weighted by Crippen LogP contribution is -2.59. The molecule has 2 rings (SSSR count). The Morgan fingerprint density at radius 3 is 2.21 bits per heavy atom. The third-order valence-electron chi connectivity index (χ3n) is 4.75. The first-order valence-electron chi connectivity index (χ1n) is 7.05. The fraction of sp³-hybridized carbons (Fsp3) is 0.867. The third kappa shape index (κ3) is 2.10. The van der Waals surface area contributed by atoms with E-state index in [1.165, 1.54) is 0 Å². The van der Waals surface area contributed by atoms with Gasteiger partial charge < -0.3 is 4.74 Å². The number of piperidine rings is 1. The van der Waals surface area contributed by atoms with Crippen molar-refractivity contribution in [2.45, 2.75) is 65.6 Å². The summed E-state index contributed by atoms with van der Waals surface area (Å²) < 4.78 is 6.17. The van der Waals surface area contributed by atoms with Gasteiger partial charge in [0, 0.05) is 17.8 Å². The molecule has 0 radical (unpaired) electrons. The van der Waals surface area contributed by atoms with Crippen LogP contribution in [0.5, 0.6) is 0 Å². The van der Waals surface area contributed by atoms with Crippen molar-refractivity contribution in [1.82, 2.24) is 5.32 Å². The molecule has 2 atom stereocenters. The monoisotopic (exact) mass is 267 g/mol. The molecule has 2 fully saturated rings. The van der Waals surface area contributed by atoms with Crippen molar-refractivity contribution >= 4 is 11.8 Å². The van der Waals surface area contributed by atoms with Crippen molar-refractivity contribution in [3.05, 3.63) is 0 Å². The Morgan fingerprint density at radius 2 is 1.79 bits per heavy atom. The number of amides is 2. The number of hydrogen-bond acceptors (Lipinski definition) is 3. The summed E-state index contributed by atoms with van der Waals surface area (Å²) in [6.07, 6.45) is 1.12. The number of carbonyl (C=O) groups excluding carboxylic acids is 2. The fourth-order valence-electron chi connectivity index (χ4n) is 4.41. The second kappa shape index (κ2) is 4.05. The molecule has 1 spiro atoms. The second-order valence-corrected chi connectivity index (χ2v) is 7.52. The Hall–Kier alpha value is -0.900. The van der Waals surface area contributed by atoms with Crippen molar-refractivity contribution in [3.63, 3.8) is 0 Å². The first-order chi connectivity index (χ1) is 8.51. The molecule has 0 aromatic rings. The maximum Gasteiger partial charge on any atom is 0.230 e. The first kappa shape index (κ1) is 14.5. The molecule has 0 aromatic heterocycles. The topological polar surface area (TPSA) is 55.4 Å². The predicted octanol–water partition coefficient (Wildman–Crippen LogP) is 2.27. The van der Waals surface area contributed by atoms with E-state index in [9.17, 15) is 9.59 Å². The highest BCUT2D eigenvalue weighted by atomic mass is 16.5. The Morgan fingerprint density at radius 1 is 1.21 bits per heavy atom. The zero-order valence-electron chi connectivity index (χ0n) is 12.8. The van der Waals surface area contributed by atoms with E-state index in [2.05, 4.69) is 5.32 Å². The van der Waals surface area contributed by atoms with Gasteiger partial charge in [0.2, 0.25) is 11.8 Å². The van der Waals surface area contributed by atoms with Crippen molar-refractivity contribution < 1.29 is 14.3 Å². The van der Waals surface area contributed by atoms with Crippen LogP contribution in [0.25, 0.3) is 0 Å². The zero-order chi connectivity index (χ0) is 14.6. The fourth-order valence-corrected chi connectivity index (χ4v) is 4.41. The van der Waals surface area contributed by atoms with Crippen LogP contribution in [0.2, 0.25) is 0 Å².